The highest BCUT2D eigenvalue weighted by Crippen LogP contribution is 2.28. The normalized spacial score (nSPS) is 15.9. The summed E-state index contributed by atoms with van der Waals surface area (Å²) < 4.78 is 0. The largest absolute Gasteiger partial charge is 0.383 e. The molecule has 1 heterocycles. The van der Waals surface area contributed by atoms with E-state index >= 15 is 0 Å². The van der Waals surface area contributed by atoms with E-state index in [4.69, 9.17) is 0 Å². The number of anilines is 2. The third-order valence-corrected chi connectivity index (χ3v) is 2.54. The Bertz CT molecular complexity index is 374. The zero-order valence-electron chi connectivity index (χ0n) is 8.50. The molecule has 74 valence electrons. The van der Waals surface area contributed by atoms with Crippen LogP contribution in [0.3, 0.4) is 0 Å². The summed E-state index contributed by atoms with van der Waals surface area (Å²) in [4.78, 5) is 13.3. The number of carbonyl (C=O) groups is 1. The average Bonchev–Trinajstić information content (AvgIpc) is 2.28. The number of rotatable bonds is 0. The highest BCUT2D eigenvalue weighted by molar-refractivity contribution is 5.97. The molecule has 1 aliphatic heterocycles. The number of aryl methyl sites for hydroxylation is 1. The van der Waals surface area contributed by atoms with Crippen LogP contribution in [-0.2, 0) is 4.79 Å². The molecule has 1 aromatic carbocycles. The molecule has 0 aliphatic carbocycles. The first-order chi connectivity index (χ1) is 6.68. The molecular weight excluding hydrogens is 176 g/mol. The highest BCUT2D eigenvalue weighted by atomic mass is 16.2. The van der Waals surface area contributed by atoms with Gasteiger partial charge in [0.25, 0.3) is 0 Å². The van der Waals surface area contributed by atoms with Crippen molar-refractivity contribution in [2.75, 3.05) is 23.8 Å². The molecule has 0 spiro atoms. The molecule has 1 amide bonds. The molecule has 14 heavy (non-hydrogen) atoms. The van der Waals surface area contributed by atoms with E-state index in [2.05, 4.69) is 18.3 Å². The Balaban J connectivity index is 2.48. The quantitative estimate of drug-likeness (QED) is 0.676. The fourth-order valence-corrected chi connectivity index (χ4v) is 1.69. The van der Waals surface area contributed by atoms with Gasteiger partial charge in [-0.15, -0.1) is 0 Å². The summed E-state index contributed by atoms with van der Waals surface area (Å²) in [6.07, 6.45) is 0.560. The van der Waals surface area contributed by atoms with Gasteiger partial charge in [-0.25, -0.2) is 0 Å². The standard InChI is InChI=1S/C11H14N2O/c1-8-3-4-10-9(7-8)12-6-5-11(14)13(10)2/h3-4,7,12H,5-6H2,1-2H3. The second-order valence-corrected chi connectivity index (χ2v) is 3.65. The van der Waals surface area contributed by atoms with Crippen molar-refractivity contribution in [1.82, 2.24) is 0 Å². The smallest absolute Gasteiger partial charge is 0.228 e. The minimum atomic E-state index is 0.167. The van der Waals surface area contributed by atoms with E-state index in [0.717, 1.165) is 17.9 Å². The summed E-state index contributed by atoms with van der Waals surface area (Å²) in [6.45, 7) is 2.77. The molecule has 0 aromatic heterocycles. The maximum atomic E-state index is 11.5. The van der Waals surface area contributed by atoms with E-state index < -0.39 is 0 Å². The number of nitrogens with zero attached hydrogens (tertiary/aromatic N) is 1. The number of hydrogen-bond donors (Lipinski definition) is 1. The van der Waals surface area contributed by atoms with Crippen molar-refractivity contribution in [2.45, 2.75) is 13.3 Å². The van der Waals surface area contributed by atoms with Gasteiger partial charge in [-0.3, -0.25) is 4.79 Å². The van der Waals surface area contributed by atoms with Crippen LogP contribution in [0, 0.1) is 6.92 Å². The fraction of sp³-hybridized carbons (Fsp3) is 0.364. The molecule has 0 saturated heterocycles. The second-order valence-electron chi connectivity index (χ2n) is 3.65. The summed E-state index contributed by atoms with van der Waals surface area (Å²) in [5, 5.41) is 3.26. The maximum Gasteiger partial charge on any atom is 0.228 e. The van der Waals surface area contributed by atoms with E-state index in [1.807, 2.05) is 19.2 Å². The van der Waals surface area contributed by atoms with Crippen LogP contribution in [0.2, 0.25) is 0 Å². The van der Waals surface area contributed by atoms with Gasteiger partial charge in [0.05, 0.1) is 11.4 Å². The minimum absolute atomic E-state index is 0.167. The Hall–Kier alpha value is -1.51. The molecule has 1 aromatic rings. The third-order valence-electron chi connectivity index (χ3n) is 2.54. The van der Waals surface area contributed by atoms with E-state index in [1.165, 1.54) is 5.56 Å². The van der Waals surface area contributed by atoms with Gasteiger partial charge >= 0.3 is 0 Å². The van der Waals surface area contributed by atoms with Crippen LogP contribution in [0.25, 0.3) is 0 Å². The molecule has 0 radical (unpaired) electrons. The lowest BCUT2D eigenvalue weighted by atomic mass is 10.2. The molecule has 1 N–H and O–H groups in total. The lowest BCUT2D eigenvalue weighted by Gasteiger charge is -2.17. The Morgan fingerprint density at radius 3 is 3.00 bits per heavy atom. The van der Waals surface area contributed by atoms with E-state index in [0.29, 0.717) is 6.42 Å². The molecular formula is C11H14N2O. The van der Waals surface area contributed by atoms with Crippen molar-refractivity contribution in [3.8, 4) is 0 Å². The molecule has 2 rings (SSSR count). The predicted octanol–water partition coefficient (Wildman–Crippen LogP) is 1.77. The number of carbonyl (C=O) groups excluding carboxylic acids is 1. The van der Waals surface area contributed by atoms with Gasteiger partial charge in [0.15, 0.2) is 0 Å². The average molecular weight is 190 g/mol. The Kier molecular flexibility index (Phi) is 2.15. The number of fused-ring (bicyclic) bond motifs is 1. The van der Waals surface area contributed by atoms with Crippen molar-refractivity contribution >= 4 is 17.3 Å². The van der Waals surface area contributed by atoms with Crippen LogP contribution in [0.4, 0.5) is 11.4 Å². The molecule has 0 fully saturated rings. The van der Waals surface area contributed by atoms with Gasteiger partial charge in [0.1, 0.15) is 0 Å². The van der Waals surface area contributed by atoms with E-state index in [9.17, 15) is 4.79 Å². The SMILES string of the molecule is Cc1ccc2c(c1)NCCC(=O)N2C. The number of nitrogens with one attached hydrogen (secondary N) is 1. The predicted molar refractivity (Wildman–Crippen MR) is 57.7 cm³/mol. The van der Waals surface area contributed by atoms with Gasteiger partial charge < -0.3 is 10.2 Å². The Morgan fingerprint density at radius 1 is 1.43 bits per heavy atom. The van der Waals surface area contributed by atoms with Crippen molar-refractivity contribution in [2.24, 2.45) is 0 Å². The number of hydrogen-bond acceptors (Lipinski definition) is 2. The molecule has 3 heteroatoms. The Morgan fingerprint density at radius 2 is 2.21 bits per heavy atom. The molecule has 1 aliphatic rings. The van der Waals surface area contributed by atoms with Gasteiger partial charge in [-0.1, -0.05) is 6.07 Å². The topological polar surface area (TPSA) is 32.3 Å². The van der Waals surface area contributed by atoms with Crippen LogP contribution >= 0.6 is 0 Å². The van der Waals surface area contributed by atoms with E-state index in [-0.39, 0.29) is 5.91 Å². The first kappa shape index (κ1) is 9.06. The number of benzene rings is 1. The van der Waals surface area contributed by atoms with Crippen LogP contribution in [0.15, 0.2) is 18.2 Å². The molecule has 0 saturated carbocycles. The van der Waals surface area contributed by atoms with Crippen molar-refractivity contribution in [3.63, 3.8) is 0 Å². The zero-order valence-corrected chi connectivity index (χ0v) is 8.50. The lowest BCUT2D eigenvalue weighted by Crippen LogP contribution is -2.25. The summed E-state index contributed by atoms with van der Waals surface area (Å²) in [5.41, 5.74) is 3.23. The second kappa shape index (κ2) is 3.33. The Labute approximate surface area is 83.7 Å². The molecule has 3 nitrogen and oxygen atoms in total. The maximum absolute atomic E-state index is 11.5. The lowest BCUT2D eigenvalue weighted by molar-refractivity contribution is -0.118. The van der Waals surface area contributed by atoms with E-state index in [1.54, 1.807) is 4.90 Å². The molecule has 0 bridgehead atoms. The summed E-state index contributed by atoms with van der Waals surface area (Å²) in [6, 6.07) is 6.08. The summed E-state index contributed by atoms with van der Waals surface area (Å²) in [5.74, 6) is 0.167. The van der Waals surface area contributed by atoms with Gasteiger partial charge in [-0.2, -0.15) is 0 Å². The minimum Gasteiger partial charge on any atom is -0.383 e. The molecule has 0 atom stereocenters. The van der Waals surface area contributed by atoms with Crippen molar-refractivity contribution in [3.05, 3.63) is 23.8 Å². The number of amides is 1. The third kappa shape index (κ3) is 1.45. The summed E-state index contributed by atoms with van der Waals surface area (Å²) >= 11 is 0. The van der Waals surface area contributed by atoms with Crippen LogP contribution in [0.1, 0.15) is 12.0 Å². The van der Waals surface area contributed by atoms with Crippen LogP contribution in [-0.4, -0.2) is 19.5 Å². The highest BCUT2D eigenvalue weighted by Gasteiger charge is 2.17. The summed E-state index contributed by atoms with van der Waals surface area (Å²) in [7, 11) is 1.82. The fourth-order valence-electron chi connectivity index (χ4n) is 1.69. The van der Waals surface area contributed by atoms with Crippen LogP contribution in [0.5, 0.6) is 0 Å². The van der Waals surface area contributed by atoms with Gasteiger partial charge in [0, 0.05) is 20.0 Å². The van der Waals surface area contributed by atoms with Gasteiger partial charge in [0.2, 0.25) is 5.91 Å². The van der Waals surface area contributed by atoms with Gasteiger partial charge in [-0.05, 0) is 24.6 Å². The molecule has 0 unspecified atom stereocenters. The van der Waals surface area contributed by atoms with Crippen LogP contribution < -0.4 is 10.2 Å². The zero-order chi connectivity index (χ0) is 10.1. The van der Waals surface area contributed by atoms with Crippen molar-refractivity contribution < 1.29 is 4.79 Å². The monoisotopic (exact) mass is 190 g/mol. The first-order valence-electron chi connectivity index (χ1n) is 4.79. The van der Waals surface area contributed by atoms with Crippen molar-refractivity contribution in [1.29, 1.82) is 0 Å². The first-order valence-corrected chi connectivity index (χ1v) is 4.79.